The number of aromatic nitrogens is 2. The Kier molecular flexibility index (Phi) is 4.69. The molecule has 0 saturated carbocycles. The molecule has 2 aromatic heterocycles. The number of hydrogen-bond donors (Lipinski definition) is 1. The van der Waals surface area contributed by atoms with E-state index in [1.165, 1.54) is 0 Å². The first kappa shape index (κ1) is 12.2. The topological polar surface area (TPSA) is 64.9 Å². The van der Waals surface area contributed by atoms with Crippen molar-refractivity contribution in [2.75, 3.05) is 0 Å². The molecule has 2 heterocycles. The molecule has 0 aromatic carbocycles. The van der Waals surface area contributed by atoms with Crippen LogP contribution in [-0.4, -0.2) is 9.97 Å². The second-order valence-corrected chi connectivity index (χ2v) is 2.14. The van der Waals surface area contributed by atoms with E-state index in [0.717, 1.165) is 0 Å². The zero-order valence-corrected chi connectivity index (χ0v) is 8.27. The second kappa shape index (κ2) is 5.01. The predicted molar refractivity (Wildman–Crippen MR) is 54.2 cm³/mol. The van der Waals surface area contributed by atoms with Crippen molar-refractivity contribution >= 4 is 36.0 Å². The number of hydrogen-bond acceptors (Lipinski definition) is 4. The maximum Gasteiger partial charge on any atom is 0.210 e. The molecule has 4 nitrogen and oxygen atoms in total. The maximum absolute atomic E-state index is 5.33. The highest BCUT2D eigenvalue weighted by atomic mass is 35.5. The molecule has 2 N–H and O–H groups in total. The Balaban J connectivity index is 0.000000720. The summed E-state index contributed by atoms with van der Waals surface area (Å²) in [6, 6.07) is 3.61. The van der Waals surface area contributed by atoms with Crippen LogP contribution in [0.1, 0.15) is 5.89 Å². The molecular formula is C7H9Cl2N3O. The van der Waals surface area contributed by atoms with Crippen molar-refractivity contribution in [2.45, 2.75) is 6.54 Å². The van der Waals surface area contributed by atoms with Crippen LogP contribution in [-0.2, 0) is 6.54 Å². The van der Waals surface area contributed by atoms with Crippen LogP contribution in [0.15, 0.2) is 22.7 Å². The van der Waals surface area contributed by atoms with Gasteiger partial charge in [-0.3, -0.25) is 0 Å². The van der Waals surface area contributed by atoms with Crippen LogP contribution in [0.25, 0.3) is 11.2 Å². The fourth-order valence-electron chi connectivity index (χ4n) is 0.901. The molecule has 0 atom stereocenters. The summed E-state index contributed by atoms with van der Waals surface area (Å²) in [5.74, 6) is 0.527. The Morgan fingerprint density at radius 2 is 2.15 bits per heavy atom. The first-order valence-electron chi connectivity index (χ1n) is 3.30. The largest absolute Gasteiger partial charge is 0.438 e. The Morgan fingerprint density at radius 1 is 1.38 bits per heavy atom. The Morgan fingerprint density at radius 3 is 2.77 bits per heavy atom. The van der Waals surface area contributed by atoms with E-state index in [9.17, 15) is 0 Å². The molecule has 72 valence electrons. The van der Waals surface area contributed by atoms with Crippen LogP contribution in [0.2, 0.25) is 0 Å². The van der Waals surface area contributed by atoms with Gasteiger partial charge < -0.3 is 10.2 Å². The van der Waals surface area contributed by atoms with Gasteiger partial charge in [0.1, 0.15) is 0 Å². The number of nitrogens with zero attached hydrogens (tertiary/aromatic N) is 2. The quantitative estimate of drug-likeness (QED) is 0.794. The van der Waals surface area contributed by atoms with E-state index < -0.39 is 0 Å². The Hall–Kier alpha value is -0.840. The molecule has 6 heteroatoms. The van der Waals surface area contributed by atoms with Crippen molar-refractivity contribution in [2.24, 2.45) is 5.73 Å². The summed E-state index contributed by atoms with van der Waals surface area (Å²) in [4.78, 5) is 8.02. The Bertz CT molecular complexity index is 344. The smallest absolute Gasteiger partial charge is 0.210 e. The zero-order valence-electron chi connectivity index (χ0n) is 6.64. The lowest BCUT2D eigenvalue weighted by Gasteiger charge is -1.80. The second-order valence-electron chi connectivity index (χ2n) is 2.14. The SMILES string of the molecule is Cl.Cl.NCc1nc2ncccc2o1. The molecule has 2 aromatic rings. The van der Waals surface area contributed by atoms with Crippen molar-refractivity contribution in [1.82, 2.24) is 9.97 Å². The van der Waals surface area contributed by atoms with Gasteiger partial charge in [-0.05, 0) is 12.1 Å². The average molecular weight is 222 g/mol. The van der Waals surface area contributed by atoms with Crippen LogP contribution >= 0.6 is 24.8 Å². The van der Waals surface area contributed by atoms with Gasteiger partial charge in [-0.25, -0.2) is 4.98 Å². The van der Waals surface area contributed by atoms with E-state index in [2.05, 4.69) is 9.97 Å². The first-order valence-corrected chi connectivity index (χ1v) is 3.30. The number of fused-ring (bicyclic) bond motifs is 1. The standard InChI is InChI=1S/C7H7N3O.2ClH/c8-4-6-10-7-5(11-6)2-1-3-9-7;;/h1-3H,4,8H2;2*1H. The summed E-state index contributed by atoms with van der Waals surface area (Å²) in [5.41, 5.74) is 6.64. The fourth-order valence-corrected chi connectivity index (χ4v) is 0.901. The molecule has 0 unspecified atom stereocenters. The van der Waals surface area contributed by atoms with Gasteiger partial charge in [0, 0.05) is 6.20 Å². The molecule has 13 heavy (non-hydrogen) atoms. The molecule has 0 amide bonds. The number of pyridine rings is 1. The van der Waals surface area contributed by atoms with Crippen LogP contribution in [0.3, 0.4) is 0 Å². The average Bonchev–Trinajstić information content (AvgIpc) is 2.46. The first-order chi connectivity index (χ1) is 5.40. The lowest BCUT2D eigenvalue weighted by Crippen LogP contribution is -1.95. The monoisotopic (exact) mass is 221 g/mol. The number of halogens is 2. The summed E-state index contributed by atoms with van der Waals surface area (Å²) in [6.07, 6.45) is 1.67. The fraction of sp³-hybridized carbons (Fsp3) is 0.143. The molecule has 0 radical (unpaired) electrons. The minimum Gasteiger partial charge on any atom is -0.438 e. The molecule has 0 aliphatic rings. The summed E-state index contributed by atoms with van der Waals surface area (Å²) in [6.45, 7) is 0.316. The normalized spacial score (nSPS) is 9.00. The van der Waals surface area contributed by atoms with Crippen LogP contribution < -0.4 is 5.73 Å². The molecule has 0 spiro atoms. The number of nitrogens with two attached hydrogens (primary N) is 1. The van der Waals surface area contributed by atoms with E-state index in [1.54, 1.807) is 12.3 Å². The molecular weight excluding hydrogens is 213 g/mol. The van der Waals surface area contributed by atoms with Gasteiger partial charge in [0.25, 0.3) is 0 Å². The van der Waals surface area contributed by atoms with Gasteiger partial charge in [0.2, 0.25) is 5.89 Å². The van der Waals surface area contributed by atoms with Gasteiger partial charge in [-0.2, -0.15) is 4.98 Å². The predicted octanol–water partition coefficient (Wildman–Crippen LogP) is 1.53. The number of rotatable bonds is 1. The molecule has 0 aliphatic carbocycles. The highest BCUT2D eigenvalue weighted by molar-refractivity contribution is 5.85. The Labute approximate surface area is 87.4 Å². The summed E-state index contributed by atoms with van der Waals surface area (Å²) < 4.78 is 5.22. The van der Waals surface area contributed by atoms with Gasteiger partial charge in [0.05, 0.1) is 6.54 Å². The van der Waals surface area contributed by atoms with Crippen molar-refractivity contribution in [3.8, 4) is 0 Å². The van der Waals surface area contributed by atoms with Gasteiger partial charge >= 0.3 is 0 Å². The van der Waals surface area contributed by atoms with E-state index >= 15 is 0 Å². The van der Waals surface area contributed by atoms with Crippen LogP contribution in [0, 0.1) is 0 Å². The summed E-state index contributed by atoms with van der Waals surface area (Å²) in [5, 5.41) is 0. The van der Waals surface area contributed by atoms with E-state index in [4.69, 9.17) is 10.2 Å². The third-order valence-corrected chi connectivity index (χ3v) is 1.38. The van der Waals surface area contributed by atoms with E-state index in [0.29, 0.717) is 23.7 Å². The third kappa shape index (κ3) is 2.30. The van der Waals surface area contributed by atoms with Crippen molar-refractivity contribution in [1.29, 1.82) is 0 Å². The van der Waals surface area contributed by atoms with E-state index in [1.807, 2.05) is 6.07 Å². The van der Waals surface area contributed by atoms with E-state index in [-0.39, 0.29) is 24.8 Å². The minimum absolute atomic E-state index is 0. The number of oxazole rings is 1. The van der Waals surface area contributed by atoms with Crippen molar-refractivity contribution in [3.63, 3.8) is 0 Å². The van der Waals surface area contributed by atoms with Crippen LogP contribution in [0.5, 0.6) is 0 Å². The van der Waals surface area contributed by atoms with Crippen LogP contribution in [0.4, 0.5) is 0 Å². The highest BCUT2D eigenvalue weighted by Gasteiger charge is 2.02. The van der Waals surface area contributed by atoms with Gasteiger partial charge in [0.15, 0.2) is 11.2 Å². The third-order valence-electron chi connectivity index (χ3n) is 1.38. The molecule has 0 bridgehead atoms. The highest BCUT2D eigenvalue weighted by Crippen LogP contribution is 2.10. The zero-order chi connectivity index (χ0) is 7.68. The summed E-state index contributed by atoms with van der Waals surface area (Å²) >= 11 is 0. The summed E-state index contributed by atoms with van der Waals surface area (Å²) in [7, 11) is 0. The molecule has 0 aliphatic heterocycles. The minimum atomic E-state index is 0. The molecule has 0 fully saturated rings. The molecule has 2 rings (SSSR count). The van der Waals surface area contributed by atoms with Gasteiger partial charge in [-0.15, -0.1) is 24.8 Å². The maximum atomic E-state index is 5.33. The van der Waals surface area contributed by atoms with Crippen molar-refractivity contribution in [3.05, 3.63) is 24.2 Å². The molecule has 0 saturated heterocycles. The lowest BCUT2D eigenvalue weighted by molar-refractivity contribution is 0.533. The van der Waals surface area contributed by atoms with Crippen molar-refractivity contribution < 1.29 is 4.42 Å². The van der Waals surface area contributed by atoms with Gasteiger partial charge in [-0.1, -0.05) is 0 Å². The lowest BCUT2D eigenvalue weighted by atomic mass is 10.5.